The highest BCUT2D eigenvalue weighted by atomic mass is 31.2. The number of aryl methyl sites for hydroxylation is 1. The molecule has 4 N–H and O–H groups in total. The number of azide groups is 1. The van der Waals surface area contributed by atoms with Gasteiger partial charge in [-0.25, -0.2) is 14.4 Å². The molecule has 3 unspecified atom stereocenters. The molecule has 5 atom stereocenters. The lowest BCUT2D eigenvalue weighted by molar-refractivity contribution is -0.123. The van der Waals surface area contributed by atoms with E-state index in [1.54, 1.807) is 13.8 Å². The molecule has 15 heteroatoms. The molecule has 1 aromatic heterocycles. The van der Waals surface area contributed by atoms with E-state index in [9.17, 15) is 23.8 Å². The van der Waals surface area contributed by atoms with Crippen LogP contribution in [0.5, 0.6) is 0 Å². The number of hydrogen-bond acceptors (Lipinski definition) is 7. The number of rotatable bonds is 9. The number of carbonyl (C=O) groups excluding carboxylic acids is 1. The maximum atomic E-state index is 12.4. The first-order valence-electron chi connectivity index (χ1n) is 9.47. The van der Waals surface area contributed by atoms with E-state index >= 15 is 0 Å². The molecule has 2 rings (SSSR count). The third-order valence-electron chi connectivity index (χ3n) is 4.77. The van der Waals surface area contributed by atoms with Crippen molar-refractivity contribution in [2.24, 2.45) is 11.0 Å². The number of amides is 1. The van der Waals surface area contributed by atoms with E-state index < -0.39 is 55.9 Å². The second kappa shape index (κ2) is 10.2. The largest absolute Gasteiger partial charge is 0.403 e. The third-order valence-corrected chi connectivity index (χ3v) is 5.88. The number of H-pyrrole nitrogens is 1. The number of nitrogens with one attached hydrogen (secondary N) is 3. The number of carbonyl (C=O) groups is 1. The molecule has 31 heavy (non-hydrogen) atoms. The van der Waals surface area contributed by atoms with Crippen LogP contribution in [-0.2, 0) is 18.6 Å². The van der Waals surface area contributed by atoms with Gasteiger partial charge < -0.3 is 14.9 Å². The van der Waals surface area contributed by atoms with E-state index in [4.69, 9.17) is 14.8 Å². The van der Waals surface area contributed by atoms with Crippen molar-refractivity contribution >= 4 is 13.7 Å². The minimum atomic E-state index is -4.42. The van der Waals surface area contributed by atoms with Crippen molar-refractivity contribution < 1.29 is 23.5 Å². The van der Waals surface area contributed by atoms with E-state index in [2.05, 4.69) is 25.4 Å². The first-order chi connectivity index (χ1) is 14.5. The molecule has 0 aromatic carbocycles. The normalized spacial score (nSPS) is 23.7. The Hall–Kier alpha value is -2.47. The Morgan fingerprint density at radius 2 is 2.23 bits per heavy atom. The highest BCUT2D eigenvalue weighted by molar-refractivity contribution is 7.50. The molecule has 14 nitrogen and oxygen atoms in total. The maximum absolute atomic E-state index is 12.4. The molecule has 2 heterocycles. The molecule has 0 saturated carbocycles. The Morgan fingerprint density at radius 1 is 1.55 bits per heavy atom. The second-order valence-corrected chi connectivity index (χ2v) is 8.95. The standard InChI is InChI=1S/C16H26N7O7P/c1-8(2)13(15(25)18-4)21-31(27,28)29-7-11-10(20-22-17)5-12(30-11)23-6-9(3)14(24)19-16(23)26/h6,8,10-13H,5,7H2,1-4H3,(H,18,25)(H,19,24,26)(H2,21,27,28)/t10?,11-,12?,13+/m1/s1. The summed E-state index contributed by atoms with van der Waals surface area (Å²) in [4.78, 5) is 50.6. The summed E-state index contributed by atoms with van der Waals surface area (Å²) in [6.07, 6.45) is -0.427. The van der Waals surface area contributed by atoms with Crippen molar-refractivity contribution in [1.29, 1.82) is 0 Å². The van der Waals surface area contributed by atoms with Crippen molar-refractivity contribution in [2.75, 3.05) is 13.7 Å². The first kappa shape index (κ1) is 24.8. The van der Waals surface area contributed by atoms with Gasteiger partial charge in [-0.15, -0.1) is 0 Å². The first-order valence-corrected chi connectivity index (χ1v) is 11.0. The number of aromatic nitrogens is 2. The Kier molecular flexibility index (Phi) is 8.18. The molecule has 0 aliphatic carbocycles. The maximum Gasteiger partial charge on any atom is 0.403 e. The van der Waals surface area contributed by atoms with Crippen molar-refractivity contribution in [3.05, 3.63) is 43.0 Å². The van der Waals surface area contributed by atoms with Crippen molar-refractivity contribution in [2.45, 2.75) is 51.6 Å². The van der Waals surface area contributed by atoms with Crippen LogP contribution in [0.1, 0.15) is 32.1 Å². The zero-order valence-corrected chi connectivity index (χ0v) is 18.4. The number of nitrogens with zero attached hydrogens (tertiary/aromatic N) is 4. The highest BCUT2D eigenvalue weighted by Gasteiger charge is 2.39. The van der Waals surface area contributed by atoms with Gasteiger partial charge in [0.2, 0.25) is 5.91 Å². The Morgan fingerprint density at radius 3 is 2.81 bits per heavy atom. The molecule has 1 aliphatic heterocycles. The van der Waals surface area contributed by atoms with E-state index in [1.807, 2.05) is 0 Å². The van der Waals surface area contributed by atoms with E-state index in [1.165, 1.54) is 20.2 Å². The zero-order chi connectivity index (χ0) is 23.3. The van der Waals surface area contributed by atoms with Gasteiger partial charge in [0.25, 0.3) is 5.56 Å². The quantitative estimate of drug-likeness (QED) is 0.175. The average Bonchev–Trinajstić information content (AvgIpc) is 3.09. The van der Waals surface area contributed by atoms with Gasteiger partial charge in [-0.1, -0.05) is 19.0 Å². The van der Waals surface area contributed by atoms with Gasteiger partial charge in [-0.3, -0.25) is 23.7 Å². The lowest BCUT2D eigenvalue weighted by atomic mass is 10.1. The van der Waals surface area contributed by atoms with Crippen LogP contribution in [0.15, 0.2) is 20.9 Å². The van der Waals surface area contributed by atoms with Crippen molar-refractivity contribution in [1.82, 2.24) is 20.0 Å². The van der Waals surface area contributed by atoms with E-state index in [0.29, 0.717) is 0 Å². The predicted octanol–water partition coefficient (Wildman–Crippen LogP) is 0.289. The summed E-state index contributed by atoms with van der Waals surface area (Å²) in [6.45, 7) is 4.45. The van der Waals surface area contributed by atoms with Crippen LogP contribution in [0.25, 0.3) is 10.4 Å². The molecule has 0 spiro atoms. The van der Waals surface area contributed by atoms with Gasteiger partial charge in [0.15, 0.2) is 0 Å². The fourth-order valence-corrected chi connectivity index (χ4v) is 4.27. The van der Waals surface area contributed by atoms with Crippen LogP contribution in [0.4, 0.5) is 0 Å². The van der Waals surface area contributed by atoms with Crippen LogP contribution >= 0.6 is 7.75 Å². The van der Waals surface area contributed by atoms with E-state index in [-0.39, 0.29) is 17.9 Å². The molecule has 1 aliphatic rings. The fourth-order valence-electron chi connectivity index (χ4n) is 3.08. The molecule has 1 aromatic rings. The molecular weight excluding hydrogens is 433 g/mol. The summed E-state index contributed by atoms with van der Waals surface area (Å²) < 4.78 is 24.4. The number of hydrogen-bond donors (Lipinski definition) is 4. The second-order valence-electron chi connectivity index (χ2n) is 7.40. The third kappa shape index (κ3) is 6.26. The number of likely N-dealkylation sites (N-methyl/N-ethyl adjacent to an activating group) is 1. The fraction of sp³-hybridized carbons (Fsp3) is 0.688. The summed E-state index contributed by atoms with van der Waals surface area (Å²) >= 11 is 0. The summed E-state index contributed by atoms with van der Waals surface area (Å²) in [5.41, 5.74) is 7.86. The number of ether oxygens (including phenoxy) is 1. The smallest absolute Gasteiger partial charge is 0.358 e. The van der Waals surface area contributed by atoms with Gasteiger partial charge in [0.05, 0.1) is 24.8 Å². The lowest BCUT2D eigenvalue weighted by Gasteiger charge is -2.24. The summed E-state index contributed by atoms with van der Waals surface area (Å²) in [6, 6.07) is -1.78. The molecule has 0 bridgehead atoms. The van der Waals surface area contributed by atoms with Gasteiger partial charge in [-0.2, -0.15) is 0 Å². The average molecular weight is 459 g/mol. The Balaban J connectivity index is 2.14. The molecule has 1 fully saturated rings. The SMILES string of the molecule is CNC(=O)[C@@H](NP(=O)(O)OC[C@H]1OC(n2cc(C)c(=O)[nH]c2=O)CC1N=[N+]=[N-])C(C)C. The summed E-state index contributed by atoms with van der Waals surface area (Å²) in [7, 11) is -3.02. The Bertz CT molecular complexity index is 1020. The Labute approximate surface area is 177 Å². The minimum absolute atomic E-state index is 0.0828. The molecule has 0 radical (unpaired) electrons. The summed E-state index contributed by atoms with van der Waals surface area (Å²) in [5.74, 6) is -0.785. The van der Waals surface area contributed by atoms with Gasteiger partial charge in [0, 0.05) is 30.1 Å². The topological polar surface area (TPSA) is 201 Å². The van der Waals surface area contributed by atoms with Gasteiger partial charge >= 0.3 is 13.4 Å². The molecule has 1 amide bonds. The zero-order valence-electron chi connectivity index (χ0n) is 17.5. The highest BCUT2D eigenvalue weighted by Crippen LogP contribution is 2.40. The monoisotopic (exact) mass is 459 g/mol. The van der Waals surface area contributed by atoms with Crippen LogP contribution < -0.4 is 21.7 Å². The molecular formula is C16H26N7O7P. The van der Waals surface area contributed by atoms with E-state index in [0.717, 1.165) is 4.57 Å². The molecule has 1 saturated heterocycles. The van der Waals surface area contributed by atoms with Crippen LogP contribution in [0.3, 0.4) is 0 Å². The van der Waals surface area contributed by atoms with Crippen LogP contribution in [0.2, 0.25) is 0 Å². The van der Waals surface area contributed by atoms with Gasteiger partial charge in [-0.05, 0) is 18.4 Å². The summed E-state index contributed by atoms with van der Waals surface area (Å²) in [5, 5.41) is 8.32. The van der Waals surface area contributed by atoms with Gasteiger partial charge in [0.1, 0.15) is 6.23 Å². The van der Waals surface area contributed by atoms with Crippen LogP contribution in [0, 0.1) is 12.8 Å². The predicted molar refractivity (Wildman–Crippen MR) is 109 cm³/mol. The lowest BCUT2D eigenvalue weighted by Crippen LogP contribution is -2.45. The van der Waals surface area contributed by atoms with Crippen molar-refractivity contribution in [3.8, 4) is 0 Å². The number of aromatic amines is 1. The van der Waals surface area contributed by atoms with Crippen LogP contribution in [-0.4, -0.2) is 52.2 Å². The van der Waals surface area contributed by atoms with Crippen molar-refractivity contribution in [3.63, 3.8) is 0 Å². The minimum Gasteiger partial charge on any atom is -0.358 e. The molecule has 172 valence electrons.